The van der Waals surface area contributed by atoms with E-state index in [2.05, 4.69) is 10.6 Å². The van der Waals surface area contributed by atoms with Gasteiger partial charge >= 0.3 is 12.1 Å². The van der Waals surface area contributed by atoms with Crippen molar-refractivity contribution in [3.8, 4) is 11.1 Å². The summed E-state index contributed by atoms with van der Waals surface area (Å²) < 4.78 is 31.5. The van der Waals surface area contributed by atoms with Crippen LogP contribution in [0, 0.1) is 5.41 Å². The molecule has 2 aromatic rings. The number of alkyl carbamates (subject to hydrolysis) is 1. The van der Waals surface area contributed by atoms with Gasteiger partial charge in [0, 0.05) is 17.9 Å². The molecule has 1 unspecified atom stereocenters. The number of fused-ring (bicyclic) bond motifs is 3. The summed E-state index contributed by atoms with van der Waals surface area (Å²) in [5, 5.41) is 13.4. The quantitative estimate of drug-likeness (QED) is 0.480. The molecule has 0 fully saturated rings. The van der Waals surface area contributed by atoms with Crippen molar-refractivity contribution >= 4 is 18.0 Å². The van der Waals surface area contributed by atoms with E-state index in [9.17, 15) is 23.2 Å². The highest BCUT2D eigenvalue weighted by atomic mass is 19.3. The van der Waals surface area contributed by atoms with Crippen LogP contribution in [0.4, 0.5) is 13.6 Å². The van der Waals surface area contributed by atoms with Gasteiger partial charge in [0.05, 0.1) is 6.42 Å². The summed E-state index contributed by atoms with van der Waals surface area (Å²) in [6, 6.07) is 14.1. The minimum absolute atomic E-state index is 0.0787. The van der Waals surface area contributed by atoms with E-state index in [0.29, 0.717) is 0 Å². The predicted octanol–water partition coefficient (Wildman–Crippen LogP) is 4.17. The van der Waals surface area contributed by atoms with Gasteiger partial charge in [0.2, 0.25) is 5.91 Å². The summed E-state index contributed by atoms with van der Waals surface area (Å²) in [6.45, 7) is 3.29. The Morgan fingerprint density at radius 1 is 1.03 bits per heavy atom. The molecule has 0 spiro atoms. The molecule has 34 heavy (non-hydrogen) atoms. The summed E-state index contributed by atoms with van der Waals surface area (Å²) in [5.41, 5.74) is 3.30. The van der Waals surface area contributed by atoms with Gasteiger partial charge < -0.3 is 20.5 Å². The van der Waals surface area contributed by atoms with Crippen LogP contribution in [0.5, 0.6) is 0 Å². The third kappa shape index (κ3) is 5.89. The smallest absolute Gasteiger partial charge is 0.407 e. The van der Waals surface area contributed by atoms with Crippen LogP contribution < -0.4 is 10.6 Å². The van der Waals surface area contributed by atoms with Gasteiger partial charge in [-0.1, -0.05) is 62.4 Å². The second-order valence-electron chi connectivity index (χ2n) is 8.90. The fourth-order valence-corrected chi connectivity index (χ4v) is 4.00. The Hall–Kier alpha value is -3.49. The molecule has 7 nitrogen and oxygen atoms in total. The minimum Gasteiger partial charge on any atom is -0.481 e. The molecule has 0 aliphatic heterocycles. The van der Waals surface area contributed by atoms with Crippen LogP contribution in [0.3, 0.4) is 0 Å². The zero-order valence-electron chi connectivity index (χ0n) is 19.0. The van der Waals surface area contributed by atoms with E-state index in [1.807, 2.05) is 48.5 Å². The van der Waals surface area contributed by atoms with Crippen molar-refractivity contribution in [1.29, 1.82) is 0 Å². The molecule has 2 amide bonds. The highest BCUT2D eigenvalue weighted by molar-refractivity contribution is 5.83. The van der Waals surface area contributed by atoms with Gasteiger partial charge in [-0.3, -0.25) is 9.59 Å². The van der Waals surface area contributed by atoms with Crippen molar-refractivity contribution in [2.75, 3.05) is 13.2 Å². The molecule has 182 valence electrons. The second-order valence-corrected chi connectivity index (χ2v) is 8.90. The molecule has 3 rings (SSSR count). The second kappa shape index (κ2) is 10.6. The van der Waals surface area contributed by atoms with Gasteiger partial charge in [-0.2, -0.15) is 0 Å². The molecule has 0 aromatic heterocycles. The van der Waals surface area contributed by atoms with Gasteiger partial charge in [0.15, 0.2) is 0 Å². The van der Waals surface area contributed by atoms with Gasteiger partial charge in [-0.15, -0.1) is 0 Å². The lowest BCUT2D eigenvalue weighted by Crippen LogP contribution is -2.47. The standard InChI is InChI=1S/C25H28F2N2O5/c1-25(2,23(32)29-20(22(26)27)13-21(30)31)11-12-28-24(33)34-14-19-17-9-5-3-7-15(17)16-8-4-6-10-18(16)19/h3-10,19-20,22H,11-14H2,1-2H3,(H,28,33)(H,29,32)(H,30,31). The van der Waals surface area contributed by atoms with Crippen LogP contribution in [0.25, 0.3) is 11.1 Å². The zero-order valence-corrected chi connectivity index (χ0v) is 19.0. The molecule has 0 heterocycles. The van der Waals surface area contributed by atoms with Crippen LogP contribution in [-0.4, -0.2) is 48.7 Å². The maximum absolute atomic E-state index is 13.0. The Bertz CT molecular complexity index is 1010. The molecule has 9 heteroatoms. The van der Waals surface area contributed by atoms with Crippen LogP contribution in [0.2, 0.25) is 0 Å². The molecule has 1 aliphatic carbocycles. The highest BCUT2D eigenvalue weighted by Crippen LogP contribution is 2.44. The number of amides is 2. The first-order chi connectivity index (χ1) is 16.1. The third-order valence-electron chi connectivity index (χ3n) is 5.99. The summed E-state index contributed by atoms with van der Waals surface area (Å²) in [4.78, 5) is 35.4. The van der Waals surface area contributed by atoms with E-state index in [4.69, 9.17) is 9.84 Å². The first kappa shape index (κ1) is 25.1. The average molecular weight is 475 g/mol. The molecular formula is C25H28F2N2O5. The molecular weight excluding hydrogens is 446 g/mol. The Kier molecular flexibility index (Phi) is 7.86. The number of hydrogen-bond acceptors (Lipinski definition) is 4. The Morgan fingerprint density at radius 2 is 1.59 bits per heavy atom. The molecule has 1 atom stereocenters. The number of alkyl halides is 2. The lowest BCUT2D eigenvalue weighted by molar-refractivity contribution is -0.139. The minimum atomic E-state index is -3.00. The lowest BCUT2D eigenvalue weighted by Gasteiger charge is -2.26. The molecule has 2 aromatic carbocycles. The molecule has 0 saturated heterocycles. The summed E-state index contributed by atoms with van der Waals surface area (Å²) in [6.07, 6.45) is -4.38. The number of ether oxygens (including phenoxy) is 1. The Balaban J connectivity index is 1.50. The average Bonchev–Trinajstić information content (AvgIpc) is 3.10. The first-order valence-electron chi connectivity index (χ1n) is 11.0. The van der Waals surface area contributed by atoms with Crippen molar-refractivity contribution < 1.29 is 33.0 Å². The van der Waals surface area contributed by atoms with Crippen molar-refractivity contribution in [3.63, 3.8) is 0 Å². The van der Waals surface area contributed by atoms with Crippen LogP contribution in [0.15, 0.2) is 48.5 Å². The van der Waals surface area contributed by atoms with Gasteiger partial charge in [-0.05, 0) is 28.7 Å². The van der Waals surface area contributed by atoms with E-state index in [0.717, 1.165) is 22.3 Å². The fraction of sp³-hybridized carbons (Fsp3) is 0.400. The monoisotopic (exact) mass is 474 g/mol. The first-order valence-corrected chi connectivity index (χ1v) is 11.0. The zero-order chi connectivity index (χ0) is 24.9. The number of carbonyl (C=O) groups is 3. The van der Waals surface area contributed by atoms with Crippen molar-refractivity contribution in [3.05, 3.63) is 59.7 Å². The van der Waals surface area contributed by atoms with Crippen LogP contribution in [0.1, 0.15) is 43.7 Å². The van der Waals surface area contributed by atoms with Crippen LogP contribution in [-0.2, 0) is 14.3 Å². The van der Waals surface area contributed by atoms with E-state index >= 15 is 0 Å². The molecule has 1 aliphatic rings. The lowest BCUT2D eigenvalue weighted by atomic mass is 9.88. The molecule has 3 N–H and O–H groups in total. The van der Waals surface area contributed by atoms with Gasteiger partial charge in [0.25, 0.3) is 6.43 Å². The SMILES string of the molecule is CC(C)(CCNC(=O)OCC1c2ccccc2-c2ccccc21)C(=O)NC(CC(=O)O)C(F)F. The maximum Gasteiger partial charge on any atom is 0.407 e. The fourth-order valence-electron chi connectivity index (χ4n) is 4.00. The number of carbonyl (C=O) groups excluding carboxylic acids is 2. The molecule has 0 bridgehead atoms. The normalized spacial score (nSPS) is 13.7. The summed E-state index contributed by atoms with van der Waals surface area (Å²) >= 11 is 0. The van der Waals surface area contributed by atoms with Crippen molar-refractivity contribution in [1.82, 2.24) is 10.6 Å². The van der Waals surface area contributed by atoms with E-state index < -0.39 is 42.3 Å². The van der Waals surface area contributed by atoms with E-state index in [1.165, 1.54) is 13.8 Å². The summed E-state index contributed by atoms with van der Waals surface area (Å²) in [7, 11) is 0. The highest BCUT2D eigenvalue weighted by Gasteiger charge is 2.33. The van der Waals surface area contributed by atoms with Gasteiger partial charge in [0.1, 0.15) is 12.6 Å². The largest absolute Gasteiger partial charge is 0.481 e. The predicted molar refractivity (Wildman–Crippen MR) is 122 cm³/mol. The van der Waals surface area contributed by atoms with Crippen molar-refractivity contribution in [2.45, 2.75) is 45.1 Å². The number of aliphatic carboxylic acids is 1. The number of carboxylic acid groups (broad SMARTS) is 1. The topological polar surface area (TPSA) is 105 Å². The number of rotatable bonds is 10. The van der Waals surface area contributed by atoms with Crippen molar-refractivity contribution in [2.24, 2.45) is 5.41 Å². The maximum atomic E-state index is 13.0. The summed E-state index contributed by atoms with van der Waals surface area (Å²) in [5.74, 6) is -2.23. The molecule has 0 saturated carbocycles. The number of halogens is 2. The Morgan fingerprint density at radius 3 is 2.12 bits per heavy atom. The number of hydrogen-bond donors (Lipinski definition) is 3. The number of nitrogens with one attached hydrogen (secondary N) is 2. The van der Waals surface area contributed by atoms with Gasteiger partial charge in [-0.25, -0.2) is 13.6 Å². The number of carboxylic acids is 1. The molecule has 0 radical (unpaired) electrons. The Labute approximate surface area is 196 Å². The van der Waals surface area contributed by atoms with Crippen LogP contribution >= 0.6 is 0 Å². The van der Waals surface area contributed by atoms with E-state index in [1.54, 1.807) is 0 Å². The van der Waals surface area contributed by atoms with E-state index in [-0.39, 0.29) is 25.5 Å². The number of benzene rings is 2. The third-order valence-corrected chi connectivity index (χ3v) is 5.99.